The summed E-state index contributed by atoms with van der Waals surface area (Å²) in [5.74, 6) is 0. The number of carbonyl (C=O) groups is 1. The minimum absolute atomic E-state index is 0.213. The van der Waals surface area contributed by atoms with Gasteiger partial charge in [-0.15, -0.1) is 0 Å². The van der Waals surface area contributed by atoms with Crippen LogP contribution in [0.1, 0.15) is 56.7 Å². The van der Waals surface area contributed by atoms with E-state index in [-0.39, 0.29) is 17.8 Å². The minimum atomic E-state index is -0.511. The largest absolute Gasteiger partial charge is 0.444 e. The van der Waals surface area contributed by atoms with Gasteiger partial charge in [0, 0.05) is 30.6 Å². The molecule has 1 aromatic carbocycles. The Morgan fingerprint density at radius 2 is 2.03 bits per heavy atom. The monoisotopic (exact) mass is 400 g/mol. The molecule has 1 aliphatic rings. The molecule has 0 spiro atoms. The number of ether oxygens (including phenoxy) is 1. The predicted molar refractivity (Wildman–Crippen MR) is 114 cm³/mol. The van der Waals surface area contributed by atoms with Crippen LogP contribution in [0.5, 0.6) is 0 Å². The van der Waals surface area contributed by atoms with Gasteiger partial charge in [0.15, 0.2) is 0 Å². The summed E-state index contributed by atoms with van der Waals surface area (Å²) in [5.41, 5.74) is 2.93. The number of aryl methyl sites for hydroxylation is 2. The molecule has 1 aliphatic heterocycles. The number of piperidine rings is 1. The third kappa shape index (κ3) is 5.38. The number of nitrogens with zero attached hydrogens (tertiary/aromatic N) is 1. The van der Waals surface area contributed by atoms with Crippen LogP contribution in [0.3, 0.4) is 0 Å². The van der Waals surface area contributed by atoms with E-state index in [1.807, 2.05) is 40.7 Å². The zero-order valence-corrected chi connectivity index (χ0v) is 18.1. The number of hydrogen-bond donors (Lipinski definition) is 1. The van der Waals surface area contributed by atoms with Gasteiger partial charge >= 0.3 is 11.7 Å². The van der Waals surface area contributed by atoms with E-state index in [1.165, 1.54) is 0 Å². The van der Waals surface area contributed by atoms with E-state index in [0.29, 0.717) is 18.7 Å². The lowest BCUT2D eigenvalue weighted by atomic mass is 9.99. The van der Waals surface area contributed by atoms with Crippen molar-refractivity contribution in [1.82, 2.24) is 10.2 Å². The Balaban J connectivity index is 1.78. The number of alkyl carbamates (subject to hydrolysis) is 1. The maximum Gasteiger partial charge on any atom is 0.407 e. The highest BCUT2D eigenvalue weighted by molar-refractivity contribution is 5.83. The number of likely N-dealkylation sites (tertiary alicyclic amines) is 1. The van der Waals surface area contributed by atoms with Gasteiger partial charge in [0.05, 0.1) is 0 Å². The number of hydrogen-bond acceptors (Lipinski definition) is 5. The van der Waals surface area contributed by atoms with Crippen LogP contribution in [-0.4, -0.2) is 35.7 Å². The highest BCUT2D eigenvalue weighted by Crippen LogP contribution is 2.26. The van der Waals surface area contributed by atoms with Crippen molar-refractivity contribution in [2.24, 2.45) is 0 Å². The van der Waals surface area contributed by atoms with Gasteiger partial charge in [0.1, 0.15) is 11.2 Å². The second-order valence-corrected chi connectivity index (χ2v) is 8.98. The van der Waals surface area contributed by atoms with E-state index >= 15 is 0 Å². The van der Waals surface area contributed by atoms with Crippen molar-refractivity contribution in [2.45, 2.75) is 72.1 Å². The van der Waals surface area contributed by atoms with Gasteiger partial charge in [-0.2, -0.15) is 0 Å². The maximum absolute atomic E-state index is 12.2. The van der Waals surface area contributed by atoms with Gasteiger partial charge in [-0.3, -0.25) is 4.90 Å². The molecule has 3 rings (SSSR count). The Labute approximate surface area is 172 Å². The fourth-order valence-corrected chi connectivity index (χ4v) is 3.89. The molecule has 1 unspecified atom stereocenters. The van der Waals surface area contributed by atoms with Crippen LogP contribution in [-0.2, 0) is 11.3 Å². The summed E-state index contributed by atoms with van der Waals surface area (Å²) in [5, 5.41) is 3.89. The number of rotatable bonds is 4. The quantitative estimate of drug-likeness (QED) is 0.775. The van der Waals surface area contributed by atoms with E-state index < -0.39 is 5.60 Å². The first-order valence-electron chi connectivity index (χ1n) is 10.4. The summed E-state index contributed by atoms with van der Waals surface area (Å²) in [7, 11) is 0. The molecule has 2 heterocycles. The van der Waals surface area contributed by atoms with E-state index in [0.717, 1.165) is 47.9 Å². The third-order valence-corrected chi connectivity index (χ3v) is 5.52. The van der Waals surface area contributed by atoms with Gasteiger partial charge in [-0.25, -0.2) is 9.59 Å². The molecule has 6 heteroatoms. The van der Waals surface area contributed by atoms with Gasteiger partial charge in [-0.1, -0.05) is 18.6 Å². The highest BCUT2D eigenvalue weighted by atomic mass is 16.6. The number of carbonyl (C=O) groups excluding carboxylic acids is 1. The summed E-state index contributed by atoms with van der Waals surface area (Å²) in [6.45, 7) is 11.7. The number of nitrogens with one attached hydrogen (secondary N) is 1. The summed E-state index contributed by atoms with van der Waals surface area (Å²) in [4.78, 5) is 26.6. The summed E-state index contributed by atoms with van der Waals surface area (Å²) in [6.07, 6.45) is 2.86. The molecular weight excluding hydrogens is 368 g/mol. The Morgan fingerprint density at radius 3 is 2.76 bits per heavy atom. The standard InChI is InChI=1S/C23H32N2O4/c1-15-9-10-19-17(12-20(26)28-21(19)16(15)2)14-25-11-7-6-8-18(25)13-24-22(27)29-23(3,4)5/h9-10,12,18H,6-8,11,13-14H2,1-5H3,(H,24,27). The average Bonchev–Trinajstić information content (AvgIpc) is 2.63. The normalized spacial score (nSPS) is 18.0. The Bertz CT molecular complexity index is 942. The number of amides is 1. The van der Waals surface area contributed by atoms with E-state index in [2.05, 4.69) is 16.3 Å². The van der Waals surface area contributed by atoms with Crippen LogP contribution < -0.4 is 10.9 Å². The third-order valence-electron chi connectivity index (χ3n) is 5.52. The van der Waals surface area contributed by atoms with Crippen LogP contribution in [0.4, 0.5) is 4.79 Å². The van der Waals surface area contributed by atoms with E-state index in [1.54, 1.807) is 6.07 Å². The SMILES string of the molecule is Cc1ccc2c(CN3CCCCC3CNC(=O)OC(C)(C)C)cc(=O)oc2c1C. The number of fused-ring (bicyclic) bond motifs is 1. The van der Waals surface area contributed by atoms with Crippen LogP contribution in [0.15, 0.2) is 27.4 Å². The Morgan fingerprint density at radius 1 is 1.28 bits per heavy atom. The van der Waals surface area contributed by atoms with E-state index in [4.69, 9.17) is 9.15 Å². The molecule has 0 radical (unpaired) electrons. The van der Waals surface area contributed by atoms with Gasteiger partial charge in [-0.05, 0) is 70.7 Å². The molecule has 1 atom stereocenters. The first kappa shape index (κ1) is 21.4. The molecule has 0 aliphatic carbocycles. The van der Waals surface area contributed by atoms with Crippen LogP contribution in [0, 0.1) is 13.8 Å². The fraction of sp³-hybridized carbons (Fsp3) is 0.565. The molecule has 0 saturated carbocycles. The molecule has 158 valence electrons. The maximum atomic E-state index is 12.2. The summed E-state index contributed by atoms with van der Waals surface area (Å²) >= 11 is 0. The van der Waals surface area contributed by atoms with Gasteiger partial charge in [0.25, 0.3) is 0 Å². The fourth-order valence-electron chi connectivity index (χ4n) is 3.89. The smallest absolute Gasteiger partial charge is 0.407 e. The second-order valence-electron chi connectivity index (χ2n) is 8.98. The van der Waals surface area contributed by atoms with Gasteiger partial charge in [0.2, 0.25) is 0 Å². The number of benzene rings is 1. The molecular formula is C23H32N2O4. The lowest BCUT2D eigenvalue weighted by Crippen LogP contribution is -2.47. The molecule has 2 aromatic rings. The molecule has 1 aromatic heterocycles. The molecule has 1 N–H and O–H groups in total. The Kier molecular flexibility index (Phi) is 6.32. The zero-order valence-electron chi connectivity index (χ0n) is 18.1. The summed E-state index contributed by atoms with van der Waals surface area (Å²) in [6, 6.07) is 5.92. The van der Waals surface area contributed by atoms with Crippen molar-refractivity contribution in [3.8, 4) is 0 Å². The first-order chi connectivity index (χ1) is 13.6. The van der Waals surface area contributed by atoms with Crippen molar-refractivity contribution in [3.63, 3.8) is 0 Å². The highest BCUT2D eigenvalue weighted by Gasteiger charge is 2.25. The lowest BCUT2D eigenvalue weighted by Gasteiger charge is -2.36. The molecule has 1 fully saturated rings. The average molecular weight is 401 g/mol. The zero-order chi connectivity index (χ0) is 21.2. The van der Waals surface area contributed by atoms with Crippen molar-refractivity contribution in [1.29, 1.82) is 0 Å². The minimum Gasteiger partial charge on any atom is -0.444 e. The first-order valence-corrected chi connectivity index (χ1v) is 10.4. The van der Waals surface area contributed by atoms with Gasteiger partial charge < -0.3 is 14.5 Å². The Hall–Kier alpha value is -2.34. The molecule has 0 bridgehead atoms. The second kappa shape index (κ2) is 8.57. The molecule has 1 saturated heterocycles. The van der Waals surface area contributed by atoms with Crippen LogP contribution >= 0.6 is 0 Å². The molecule has 6 nitrogen and oxygen atoms in total. The molecule has 1 amide bonds. The van der Waals surface area contributed by atoms with Crippen LogP contribution in [0.2, 0.25) is 0 Å². The van der Waals surface area contributed by atoms with E-state index in [9.17, 15) is 9.59 Å². The van der Waals surface area contributed by atoms with Crippen molar-refractivity contribution in [3.05, 3.63) is 45.3 Å². The van der Waals surface area contributed by atoms with Crippen molar-refractivity contribution < 1.29 is 13.9 Å². The predicted octanol–water partition coefficient (Wildman–Crippen LogP) is 4.29. The molecule has 29 heavy (non-hydrogen) atoms. The van der Waals surface area contributed by atoms with Crippen molar-refractivity contribution >= 4 is 17.1 Å². The lowest BCUT2D eigenvalue weighted by molar-refractivity contribution is 0.0492. The summed E-state index contributed by atoms with van der Waals surface area (Å²) < 4.78 is 10.9. The van der Waals surface area contributed by atoms with Crippen molar-refractivity contribution in [2.75, 3.05) is 13.1 Å². The topological polar surface area (TPSA) is 71.8 Å². The van der Waals surface area contributed by atoms with Crippen LogP contribution in [0.25, 0.3) is 11.0 Å².